The molecule has 66 valence electrons. The predicted molar refractivity (Wildman–Crippen MR) is 47.6 cm³/mol. The minimum Gasteiger partial charge on any atom is -0.392 e. The summed E-state index contributed by atoms with van der Waals surface area (Å²) in [4.78, 5) is 3.90. The predicted octanol–water partition coefficient (Wildman–Crippen LogP) is 1.87. The first-order valence-electron chi connectivity index (χ1n) is 3.95. The van der Waals surface area contributed by atoms with Gasteiger partial charge in [0.2, 0.25) is 0 Å². The number of pyridine rings is 1. The maximum absolute atomic E-state index is 12.8. The van der Waals surface area contributed by atoms with Crippen molar-refractivity contribution in [3.05, 3.63) is 41.8 Å². The Hall–Kier alpha value is -1.48. The summed E-state index contributed by atoms with van der Waals surface area (Å²) in [7, 11) is 0. The Morgan fingerprint density at radius 2 is 2.23 bits per heavy atom. The van der Waals surface area contributed by atoms with E-state index in [2.05, 4.69) is 4.98 Å². The fraction of sp³-hybridized carbons (Fsp3) is 0.100. The zero-order valence-electron chi connectivity index (χ0n) is 6.87. The van der Waals surface area contributed by atoms with Crippen LogP contribution in [0.1, 0.15) is 5.56 Å². The summed E-state index contributed by atoms with van der Waals surface area (Å²) in [6.45, 7) is -0.0948. The van der Waals surface area contributed by atoms with Crippen molar-refractivity contribution < 1.29 is 9.50 Å². The van der Waals surface area contributed by atoms with Gasteiger partial charge in [0.05, 0.1) is 18.3 Å². The van der Waals surface area contributed by atoms with Crippen LogP contribution in [-0.4, -0.2) is 10.1 Å². The maximum Gasteiger partial charge on any atom is 0.142 e. The summed E-state index contributed by atoms with van der Waals surface area (Å²) in [6, 6.07) is 6.71. The van der Waals surface area contributed by atoms with Crippen LogP contribution in [0, 0.1) is 5.82 Å². The molecule has 0 radical (unpaired) electrons. The Labute approximate surface area is 74.7 Å². The monoisotopic (exact) mass is 177 g/mol. The molecule has 3 heteroatoms. The zero-order valence-corrected chi connectivity index (χ0v) is 6.87. The summed E-state index contributed by atoms with van der Waals surface area (Å²) in [5, 5.41) is 9.65. The Morgan fingerprint density at radius 1 is 1.38 bits per heavy atom. The zero-order chi connectivity index (χ0) is 9.26. The average molecular weight is 177 g/mol. The van der Waals surface area contributed by atoms with E-state index < -0.39 is 0 Å². The van der Waals surface area contributed by atoms with Crippen molar-refractivity contribution in [1.82, 2.24) is 4.98 Å². The highest BCUT2D eigenvalue weighted by Crippen LogP contribution is 2.17. The van der Waals surface area contributed by atoms with Crippen LogP contribution in [0.2, 0.25) is 0 Å². The van der Waals surface area contributed by atoms with Gasteiger partial charge in [-0.2, -0.15) is 0 Å². The lowest BCUT2D eigenvalue weighted by Crippen LogP contribution is -1.88. The summed E-state index contributed by atoms with van der Waals surface area (Å²) in [5.74, 6) is -0.381. The van der Waals surface area contributed by atoms with Crippen LogP contribution >= 0.6 is 0 Å². The van der Waals surface area contributed by atoms with Gasteiger partial charge in [-0.25, -0.2) is 4.39 Å². The highest BCUT2D eigenvalue weighted by molar-refractivity contribution is 5.81. The molecule has 0 aliphatic carbocycles. The molecule has 0 saturated carbocycles. The van der Waals surface area contributed by atoms with Crippen LogP contribution in [-0.2, 0) is 6.61 Å². The molecule has 0 spiro atoms. The first kappa shape index (κ1) is 8.13. The van der Waals surface area contributed by atoms with Gasteiger partial charge >= 0.3 is 0 Å². The minimum absolute atomic E-state index is 0.0948. The molecule has 0 atom stereocenters. The quantitative estimate of drug-likeness (QED) is 0.721. The Morgan fingerprint density at radius 3 is 3.00 bits per heavy atom. The van der Waals surface area contributed by atoms with Crippen LogP contribution in [0.5, 0.6) is 0 Å². The van der Waals surface area contributed by atoms with Crippen molar-refractivity contribution in [2.75, 3.05) is 0 Å². The van der Waals surface area contributed by atoms with E-state index in [1.54, 1.807) is 18.2 Å². The lowest BCUT2D eigenvalue weighted by molar-refractivity contribution is 0.283. The number of hydrogen-bond donors (Lipinski definition) is 1. The number of hydrogen-bond acceptors (Lipinski definition) is 2. The van der Waals surface area contributed by atoms with Gasteiger partial charge in [0.1, 0.15) is 5.82 Å². The van der Waals surface area contributed by atoms with Crippen LogP contribution in [0.15, 0.2) is 30.5 Å². The first-order chi connectivity index (χ1) is 6.31. The highest BCUT2D eigenvalue weighted by Gasteiger charge is 2.01. The molecule has 0 aliphatic heterocycles. The third-order valence-electron chi connectivity index (χ3n) is 1.95. The van der Waals surface area contributed by atoms with E-state index in [-0.39, 0.29) is 12.4 Å². The van der Waals surface area contributed by atoms with E-state index in [0.29, 0.717) is 16.5 Å². The van der Waals surface area contributed by atoms with Gasteiger partial charge in [-0.1, -0.05) is 12.1 Å². The summed E-state index contributed by atoms with van der Waals surface area (Å²) in [6.07, 6.45) is 1.17. The number of rotatable bonds is 1. The number of benzene rings is 1. The topological polar surface area (TPSA) is 33.1 Å². The minimum atomic E-state index is -0.381. The van der Waals surface area contributed by atoms with E-state index in [0.717, 1.165) is 0 Å². The van der Waals surface area contributed by atoms with Crippen molar-refractivity contribution in [2.24, 2.45) is 0 Å². The number of aliphatic hydroxyl groups excluding tert-OH is 1. The van der Waals surface area contributed by atoms with Crippen LogP contribution in [0.25, 0.3) is 10.9 Å². The molecule has 1 aromatic heterocycles. The first-order valence-corrected chi connectivity index (χ1v) is 3.95. The molecule has 0 fully saturated rings. The smallest absolute Gasteiger partial charge is 0.142 e. The summed E-state index contributed by atoms with van der Waals surface area (Å²) < 4.78 is 12.8. The molecule has 0 amide bonds. The Kier molecular flexibility index (Phi) is 1.94. The van der Waals surface area contributed by atoms with Gasteiger partial charge in [-0.05, 0) is 17.7 Å². The molecule has 0 bridgehead atoms. The normalized spacial score (nSPS) is 10.6. The molecular formula is C10H8FNO. The number of halogens is 1. The number of fused-ring (bicyclic) bond motifs is 1. The van der Waals surface area contributed by atoms with Gasteiger partial charge in [0, 0.05) is 5.39 Å². The number of aromatic nitrogens is 1. The van der Waals surface area contributed by atoms with Crippen molar-refractivity contribution in [3.8, 4) is 0 Å². The van der Waals surface area contributed by atoms with E-state index in [4.69, 9.17) is 5.11 Å². The van der Waals surface area contributed by atoms with E-state index in [1.165, 1.54) is 12.3 Å². The van der Waals surface area contributed by atoms with Gasteiger partial charge in [-0.3, -0.25) is 4.98 Å². The summed E-state index contributed by atoms with van der Waals surface area (Å²) in [5.41, 5.74) is 1.40. The van der Waals surface area contributed by atoms with Gasteiger partial charge in [-0.15, -0.1) is 0 Å². The number of aliphatic hydroxyl groups is 1. The molecule has 1 heterocycles. The second-order valence-electron chi connectivity index (χ2n) is 2.80. The third kappa shape index (κ3) is 1.38. The number of nitrogens with zero attached hydrogens (tertiary/aromatic N) is 1. The van der Waals surface area contributed by atoms with Gasteiger partial charge in [0.15, 0.2) is 0 Å². The third-order valence-corrected chi connectivity index (χ3v) is 1.95. The average Bonchev–Trinajstić information content (AvgIpc) is 2.17. The molecule has 2 rings (SSSR count). The second kappa shape index (κ2) is 3.11. The fourth-order valence-electron chi connectivity index (χ4n) is 1.32. The van der Waals surface area contributed by atoms with Crippen molar-refractivity contribution in [2.45, 2.75) is 6.61 Å². The highest BCUT2D eigenvalue weighted by atomic mass is 19.1. The molecule has 2 aromatic rings. The lowest BCUT2D eigenvalue weighted by atomic mass is 10.1. The molecular weight excluding hydrogens is 169 g/mol. The Balaban J connectivity index is 2.79. The van der Waals surface area contributed by atoms with Gasteiger partial charge < -0.3 is 5.11 Å². The maximum atomic E-state index is 12.8. The van der Waals surface area contributed by atoms with E-state index in [1.807, 2.05) is 0 Å². The van der Waals surface area contributed by atoms with Crippen molar-refractivity contribution >= 4 is 10.9 Å². The standard InChI is InChI=1S/C10H8FNO/c11-8-4-9-7(6-13)2-1-3-10(9)12-5-8/h1-5,13H,6H2. The molecule has 0 unspecified atom stereocenters. The largest absolute Gasteiger partial charge is 0.392 e. The second-order valence-corrected chi connectivity index (χ2v) is 2.80. The van der Waals surface area contributed by atoms with Crippen molar-refractivity contribution in [3.63, 3.8) is 0 Å². The lowest BCUT2D eigenvalue weighted by Gasteiger charge is -2.01. The summed E-state index contributed by atoms with van der Waals surface area (Å²) >= 11 is 0. The van der Waals surface area contributed by atoms with Crippen LogP contribution < -0.4 is 0 Å². The fourth-order valence-corrected chi connectivity index (χ4v) is 1.32. The van der Waals surface area contributed by atoms with E-state index >= 15 is 0 Å². The van der Waals surface area contributed by atoms with Crippen molar-refractivity contribution in [1.29, 1.82) is 0 Å². The molecule has 0 aliphatic rings. The van der Waals surface area contributed by atoms with Crippen LogP contribution in [0.3, 0.4) is 0 Å². The van der Waals surface area contributed by atoms with E-state index in [9.17, 15) is 4.39 Å². The SMILES string of the molecule is OCc1cccc2ncc(F)cc12. The molecule has 2 nitrogen and oxygen atoms in total. The van der Waals surface area contributed by atoms with Gasteiger partial charge in [0.25, 0.3) is 0 Å². The molecule has 13 heavy (non-hydrogen) atoms. The molecule has 1 aromatic carbocycles. The Bertz CT molecular complexity index is 442. The van der Waals surface area contributed by atoms with Crippen LogP contribution in [0.4, 0.5) is 4.39 Å². The molecule has 0 saturated heterocycles. The molecule has 1 N–H and O–H groups in total.